The van der Waals surface area contributed by atoms with Crippen LogP contribution in [0.1, 0.15) is 128 Å². The second kappa shape index (κ2) is 12.8. The molecule has 3 nitrogen and oxygen atoms in total. The van der Waals surface area contributed by atoms with Gasteiger partial charge in [-0.05, 0) is 155 Å². The number of furan rings is 1. The van der Waals surface area contributed by atoms with Crippen molar-refractivity contribution in [3.05, 3.63) is 172 Å². The SMILES string of the molecule is CC(C)(C)c1ccc(N2B3c4cc5c(cc4-n4c6cc7oc8ccccc8c7cc6c6ccc(c3c64)-c3cc4c(cc32)C(C)(C)c2cc3c(cc2-4)C(C)(C)CCC3(C)C)C(C)(C)c2ccccc2-5)cc1. The Kier molecular flexibility index (Phi) is 7.48. The molecule has 4 heteroatoms. The Balaban J connectivity index is 1.08. The lowest BCUT2D eigenvalue weighted by molar-refractivity contribution is 0.331. The molecule has 0 bridgehead atoms. The Morgan fingerprint density at radius 1 is 0.471 bits per heavy atom. The molecule has 2 aromatic heterocycles. The van der Waals surface area contributed by atoms with Crippen LogP contribution in [0, 0.1) is 0 Å². The van der Waals surface area contributed by atoms with Gasteiger partial charge in [0.25, 0.3) is 0 Å². The maximum atomic E-state index is 6.70. The maximum absolute atomic E-state index is 6.70. The zero-order valence-corrected chi connectivity index (χ0v) is 42.5. The van der Waals surface area contributed by atoms with Crippen LogP contribution in [0.5, 0.6) is 0 Å². The predicted molar refractivity (Wildman–Crippen MR) is 296 cm³/mol. The fraction of sp³-hybridized carbons (Fsp3) is 0.273. The monoisotopic (exact) mass is 906 g/mol. The largest absolute Gasteiger partial charge is 0.456 e. The molecule has 15 rings (SSSR count). The second-order valence-electron chi connectivity index (χ2n) is 25.2. The lowest BCUT2D eigenvalue weighted by Crippen LogP contribution is -2.60. The average molecular weight is 907 g/mol. The molecular weight excluding hydrogens is 848 g/mol. The number of benzene rings is 8. The molecule has 70 heavy (non-hydrogen) atoms. The average Bonchev–Trinajstić information content (AvgIpc) is 4.00. The molecule has 0 amide bonds. The fourth-order valence-electron chi connectivity index (χ4n) is 14.5. The van der Waals surface area contributed by atoms with E-state index < -0.39 is 0 Å². The number of nitrogens with zero attached hydrogens (tertiary/aromatic N) is 2. The molecule has 342 valence electrons. The van der Waals surface area contributed by atoms with Crippen molar-refractivity contribution in [1.82, 2.24) is 4.57 Å². The Morgan fingerprint density at radius 3 is 1.87 bits per heavy atom. The van der Waals surface area contributed by atoms with Gasteiger partial charge in [0.2, 0.25) is 0 Å². The number of aromatic nitrogens is 1. The highest BCUT2D eigenvalue weighted by molar-refractivity contribution is 6.93. The second-order valence-corrected chi connectivity index (χ2v) is 25.2. The van der Waals surface area contributed by atoms with Crippen LogP contribution in [0.15, 0.2) is 138 Å². The minimum absolute atomic E-state index is 0.0274. The zero-order valence-electron chi connectivity index (χ0n) is 42.5. The van der Waals surface area contributed by atoms with Crippen molar-refractivity contribution in [3.8, 4) is 39.1 Å². The van der Waals surface area contributed by atoms with Gasteiger partial charge in [-0.15, -0.1) is 0 Å². The van der Waals surface area contributed by atoms with Crippen molar-refractivity contribution in [2.45, 2.75) is 116 Å². The van der Waals surface area contributed by atoms with E-state index in [1.807, 2.05) is 0 Å². The van der Waals surface area contributed by atoms with Gasteiger partial charge < -0.3 is 13.8 Å². The summed E-state index contributed by atoms with van der Waals surface area (Å²) in [6.45, 7) is 26.5. The van der Waals surface area contributed by atoms with Gasteiger partial charge in [0.05, 0.1) is 11.0 Å². The normalized spacial score (nSPS) is 17.9. The molecule has 10 aromatic rings. The van der Waals surface area contributed by atoms with Gasteiger partial charge in [0.1, 0.15) is 11.2 Å². The first-order valence-corrected chi connectivity index (χ1v) is 25.8. The van der Waals surface area contributed by atoms with E-state index in [0.29, 0.717) is 0 Å². The van der Waals surface area contributed by atoms with Gasteiger partial charge in [-0.2, -0.15) is 0 Å². The molecule has 0 radical (unpaired) electrons. The van der Waals surface area contributed by atoms with Crippen molar-refractivity contribution >= 4 is 72.9 Å². The summed E-state index contributed by atoms with van der Waals surface area (Å²) in [5.74, 6) is 0. The van der Waals surface area contributed by atoms with Gasteiger partial charge in [0.15, 0.2) is 0 Å². The van der Waals surface area contributed by atoms with E-state index in [1.54, 1.807) is 0 Å². The molecule has 0 fully saturated rings. The molecule has 4 heterocycles. The highest BCUT2D eigenvalue weighted by Gasteiger charge is 2.49. The van der Waals surface area contributed by atoms with Crippen LogP contribution in [0.3, 0.4) is 0 Å². The topological polar surface area (TPSA) is 21.3 Å². The predicted octanol–water partition coefficient (Wildman–Crippen LogP) is 16.2. The quantitative estimate of drug-likeness (QED) is 0.153. The van der Waals surface area contributed by atoms with E-state index in [2.05, 4.69) is 219 Å². The van der Waals surface area contributed by atoms with E-state index >= 15 is 0 Å². The molecule has 2 aliphatic heterocycles. The number of hydrogen-bond donors (Lipinski definition) is 0. The first kappa shape index (κ1) is 41.0. The third kappa shape index (κ3) is 4.98. The van der Waals surface area contributed by atoms with Crippen LogP contribution in [0.4, 0.5) is 11.4 Å². The highest BCUT2D eigenvalue weighted by Crippen LogP contribution is 2.58. The van der Waals surface area contributed by atoms with Crippen LogP contribution in [0.25, 0.3) is 82.8 Å². The summed E-state index contributed by atoms with van der Waals surface area (Å²) < 4.78 is 9.33. The molecule has 0 saturated heterocycles. The van der Waals surface area contributed by atoms with Crippen LogP contribution in [-0.2, 0) is 27.1 Å². The fourth-order valence-corrected chi connectivity index (χ4v) is 14.5. The van der Waals surface area contributed by atoms with Crippen molar-refractivity contribution in [2.75, 3.05) is 4.81 Å². The molecule has 5 aliphatic rings. The van der Waals surface area contributed by atoms with Gasteiger partial charge in [0, 0.05) is 61.1 Å². The Labute approximate surface area is 412 Å². The third-order valence-electron chi connectivity index (χ3n) is 18.6. The highest BCUT2D eigenvalue weighted by atomic mass is 16.3. The number of fused-ring (bicyclic) bond motifs is 18. The molecular formula is C66H59BN2O. The van der Waals surface area contributed by atoms with E-state index in [9.17, 15) is 0 Å². The van der Waals surface area contributed by atoms with Crippen molar-refractivity contribution in [2.24, 2.45) is 0 Å². The maximum Gasteiger partial charge on any atom is 0.333 e. The Bertz CT molecular complexity index is 4050. The smallest absolute Gasteiger partial charge is 0.333 e. The zero-order chi connectivity index (χ0) is 47.9. The van der Waals surface area contributed by atoms with Crippen LogP contribution in [0.2, 0.25) is 0 Å². The van der Waals surface area contributed by atoms with E-state index in [4.69, 9.17) is 4.42 Å². The number of hydrogen-bond acceptors (Lipinski definition) is 2. The third-order valence-corrected chi connectivity index (χ3v) is 18.6. The summed E-state index contributed by atoms with van der Waals surface area (Å²) in [6.07, 6.45) is 2.40. The van der Waals surface area contributed by atoms with E-state index in [0.717, 1.165) is 21.9 Å². The molecule has 0 saturated carbocycles. The Hall–Kier alpha value is -6.78. The minimum Gasteiger partial charge on any atom is -0.456 e. The summed E-state index contributed by atoms with van der Waals surface area (Å²) >= 11 is 0. The first-order valence-electron chi connectivity index (χ1n) is 25.8. The lowest BCUT2D eigenvalue weighted by Gasteiger charge is -2.43. The number of para-hydroxylation sites is 1. The molecule has 0 spiro atoms. The summed E-state index contributed by atoms with van der Waals surface area (Å²) in [6, 6.07) is 52.6. The standard InChI is InChI=1S/C66H59BN2O/c1-62(2,3)36-20-22-37(23-21-36)69-56-33-50-42(43-30-52-53(32-49(43)66(50,10)11)64(6,7)27-26-63(52,4)5)28-45(56)40-24-25-41-46-29-47-39-17-13-15-19-58(39)70-59(47)35-55(46)68-57-34-51-44(31-54(57)67(69)60(40)61(41)68)38-16-12-14-18-48(38)65(51,8)9/h12-25,28-35H,26-27H2,1-11H3. The van der Waals surface area contributed by atoms with Crippen LogP contribution >= 0.6 is 0 Å². The van der Waals surface area contributed by atoms with Gasteiger partial charge in [-0.1, -0.05) is 155 Å². The van der Waals surface area contributed by atoms with Crippen LogP contribution < -0.4 is 15.7 Å². The molecule has 8 aromatic carbocycles. The number of rotatable bonds is 1. The van der Waals surface area contributed by atoms with Crippen molar-refractivity contribution < 1.29 is 4.42 Å². The van der Waals surface area contributed by atoms with Gasteiger partial charge in [-0.3, -0.25) is 0 Å². The first-order chi connectivity index (χ1) is 33.3. The molecule has 0 N–H and O–H groups in total. The van der Waals surface area contributed by atoms with Crippen molar-refractivity contribution in [3.63, 3.8) is 0 Å². The molecule has 0 atom stereocenters. The number of anilines is 2. The van der Waals surface area contributed by atoms with Gasteiger partial charge in [-0.25, -0.2) is 0 Å². The Morgan fingerprint density at radius 2 is 1.11 bits per heavy atom. The molecule has 3 aliphatic carbocycles. The van der Waals surface area contributed by atoms with Crippen LogP contribution in [-0.4, -0.2) is 11.4 Å². The summed E-state index contributed by atoms with van der Waals surface area (Å²) in [5.41, 5.74) is 28.9. The van der Waals surface area contributed by atoms with E-state index in [1.165, 1.54) is 135 Å². The summed E-state index contributed by atoms with van der Waals surface area (Å²) in [7, 11) is 0. The summed E-state index contributed by atoms with van der Waals surface area (Å²) in [5, 5.41) is 4.87. The summed E-state index contributed by atoms with van der Waals surface area (Å²) in [4.78, 5) is 2.75. The van der Waals surface area contributed by atoms with E-state index in [-0.39, 0.29) is 33.9 Å². The van der Waals surface area contributed by atoms with Gasteiger partial charge >= 0.3 is 6.85 Å². The minimum atomic E-state index is -0.188. The lowest BCUT2D eigenvalue weighted by atomic mass is 9.43. The van der Waals surface area contributed by atoms with Crippen molar-refractivity contribution in [1.29, 1.82) is 0 Å². The molecule has 0 unspecified atom stereocenters.